The number of halogens is 3. The molecule has 182 valence electrons. The van der Waals surface area contributed by atoms with E-state index in [4.69, 9.17) is 0 Å². The van der Waals surface area contributed by atoms with Gasteiger partial charge in [-0.1, -0.05) is 12.1 Å². The molecule has 0 aliphatic carbocycles. The number of methoxy groups -OCH3 is 2. The van der Waals surface area contributed by atoms with Crippen molar-refractivity contribution in [3.05, 3.63) is 81.9 Å². The number of ether oxygens (including phenoxy) is 2. The SMILES string of the molecule is COC(=O)c1ccc(C(=O)OC)c(NC(=O)Cn2cnc(-c3ccc(C(F)(F)F)cc3)cc2=O)c1. The number of hydrogen-bond donors (Lipinski definition) is 1. The molecule has 0 bridgehead atoms. The molecule has 0 aliphatic rings. The van der Waals surface area contributed by atoms with Gasteiger partial charge in [0.1, 0.15) is 6.54 Å². The van der Waals surface area contributed by atoms with E-state index in [2.05, 4.69) is 19.8 Å². The smallest absolute Gasteiger partial charge is 0.416 e. The van der Waals surface area contributed by atoms with Gasteiger partial charge in [-0.25, -0.2) is 14.6 Å². The van der Waals surface area contributed by atoms with Crippen LogP contribution in [0.25, 0.3) is 11.3 Å². The van der Waals surface area contributed by atoms with E-state index in [9.17, 15) is 32.3 Å². The summed E-state index contributed by atoms with van der Waals surface area (Å²) in [5, 5.41) is 2.45. The average molecular weight is 489 g/mol. The number of hydrogen-bond acceptors (Lipinski definition) is 7. The number of aromatic nitrogens is 2. The Hall–Kier alpha value is -4.48. The van der Waals surface area contributed by atoms with Gasteiger partial charge in [-0.2, -0.15) is 13.2 Å². The van der Waals surface area contributed by atoms with Crippen LogP contribution in [0.1, 0.15) is 26.3 Å². The molecule has 2 aromatic carbocycles. The zero-order valence-corrected chi connectivity index (χ0v) is 18.4. The predicted molar refractivity (Wildman–Crippen MR) is 117 cm³/mol. The van der Waals surface area contributed by atoms with E-state index >= 15 is 0 Å². The minimum atomic E-state index is -4.49. The molecule has 35 heavy (non-hydrogen) atoms. The van der Waals surface area contributed by atoms with E-state index < -0.39 is 41.7 Å². The Labute approximate surface area is 196 Å². The van der Waals surface area contributed by atoms with E-state index in [-0.39, 0.29) is 28.1 Å². The van der Waals surface area contributed by atoms with Gasteiger partial charge in [0.2, 0.25) is 5.91 Å². The maximum Gasteiger partial charge on any atom is 0.416 e. The van der Waals surface area contributed by atoms with Gasteiger partial charge in [-0.15, -0.1) is 0 Å². The Kier molecular flexibility index (Phi) is 7.33. The van der Waals surface area contributed by atoms with Gasteiger partial charge in [0.15, 0.2) is 0 Å². The fourth-order valence-corrected chi connectivity index (χ4v) is 3.06. The van der Waals surface area contributed by atoms with Crippen LogP contribution in [-0.4, -0.2) is 41.6 Å². The van der Waals surface area contributed by atoms with E-state index in [0.717, 1.165) is 36.2 Å². The maximum atomic E-state index is 12.7. The summed E-state index contributed by atoms with van der Waals surface area (Å²) >= 11 is 0. The van der Waals surface area contributed by atoms with Crippen molar-refractivity contribution < 1.29 is 37.0 Å². The highest BCUT2D eigenvalue weighted by Crippen LogP contribution is 2.30. The highest BCUT2D eigenvalue weighted by atomic mass is 19.4. The normalized spacial score (nSPS) is 11.0. The molecular formula is C23H18F3N3O6. The summed E-state index contributed by atoms with van der Waals surface area (Å²) < 4.78 is 48.5. The predicted octanol–water partition coefficient (Wildman–Crippen LogP) is 3.14. The summed E-state index contributed by atoms with van der Waals surface area (Å²) in [4.78, 5) is 52.9. The summed E-state index contributed by atoms with van der Waals surface area (Å²) in [6.07, 6.45) is -3.42. The van der Waals surface area contributed by atoms with Crippen molar-refractivity contribution in [3.63, 3.8) is 0 Å². The molecular weight excluding hydrogens is 471 g/mol. The van der Waals surface area contributed by atoms with Crippen LogP contribution in [0.5, 0.6) is 0 Å². The number of carbonyl (C=O) groups is 3. The molecule has 12 heteroatoms. The summed E-state index contributed by atoms with van der Waals surface area (Å²) in [5.74, 6) is -2.18. The molecule has 9 nitrogen and oxygen atoms in total. The highest BCUT2D eigenvalue weighted by molar-refractivity contribution is 6.03. The minimum Gasteiger partial charge on any atom is -0.465 e. The largest absolute Gasteiger partial charge is 0.465 e. The van der Waals surface area contributed by atoms with Gasteiger partial charge in [-0.3, -0.25) is 14.2 Å². The number of nitrogens with zero attached hydrogens (tertiary/aromatic N) is 2. The van der Waals surface area contributed by atoms with Crippen molar-refractivity contribution in [3.8, 4) is 11.3 Å². The summed E-state index contributed by atoms with van der Waals surface area (Å²) in [6.45, 7) is -0.498. The van der Waals surface area contributed by atoms with E-state index in [1.807, 2.05) is 0 Å². The Morgan fingerprint density at radius 2 is 1.63 bits per heavy atom. The molecule has 3 aromatic rings. The number of carbonyl (C=O) groups excluding carboxylic acids is 3. The second kappa shape index (κ2) is 10.2. The van der Waals surface area contributed by atoms with Crippen molar-refractivity contribution in [1.29, 1.82) is 0 Å². The molecule has 0 fully saturated rings. The number of esters is 2. The summed E-state index contributed by atoms with van der Waals surface area (Å²) in [5.41, 5.74) is -1.07. The van der Waals surface area contributed by atoms with Crippen LogP contribution in [-0.2, 0) is 27.0 Å². The number of anilines is 1. The average Bonchev–Trinajstić information content (AvgIpc) is 2.83. The molecule has 0 unspecified atom stereocenters. The molecule has 3 rings (SSSR count). The zero-order valence-electron chi connectivity index (χ0n) is 18.4. The molecule has 1 aromatic heterocycles. The fourth-order valence-electron chi connectivity index (χ4n) is 3.06. The molecule has 1 amide bonds. The first-order chi connectivity index (χ1) is 16.5. The van der Waals surface area contributed by atoms with Crippen LogP contribution in [0.2, 0.25) is 0 Å². The minimum absolute atomic E-state index is 0.0309. The second-order valence-corrected chi connectivity index (χ2v) is 7.11. The second-order valence-electron chi connectivity index (χ2n) is 7.11. The quantitative estimate of drug-likeness (QED) is 0.529. The van der Waals surface area contributed by atoms with Crippen LogP contribution in [0.3, 0.4) is 0 Å². The van der Waals surface area contributed by atoms with Crippen molar-refractivity contribution in [2.75, 3.05) is 19.5 Å². The molecule has 1 heterocycles. The standard InChI is InChI=1S/C23H18F3N3O6/c1-34-21(32)14-5-8-16(22(33)35-2)18(9-14)28-19(30)11-29-12-27-17(10-20(29)31)13-3-6-15(7-4-13)23(24,25)26/h3-10,12H,11H2,1-2H3,(H,28,30). The maximum absolute atomic E-state index is 12.7. The third-order valence-corrected chi connectivity index (χ3v) is 4.82. The Bertz CT molecular complexity index is 1330. The lowest BCUT2D eigenvalue weighted by Gasteiger charge is -2.12. The molecule has 1 N–H and O–H groups in total. The lowest BCUT2D eigenvalue weighted by atomic mass is 10.1. The number of benzene rings is 2. The zero-order chi connectivity index (χ0) is 25.8. The van der Waals surface area contributed by atoms with Crippen molar-refractivity contribution in [2.24, 2.45) is 0 Å². The molecule has 0 atom stereocenters. The number of amides is 1. The van der Waals surface area contributed by atoms with Gasteiger partial charge in [0, 0.05) is 11.6 Å². The first kappa shape index (κ1) is 25.1. The van der Waals surface area contributed by atoms with Crippen LogP contribution in [0.4, 0.5) is 18.9 Å². The molecule has 0 radical (unpaired) electrons. The van der Waals surface area contributed by atoms with Crippen LogP contribution in [0.15, 0.2) is 59.7 Å². The third kappa shape index (κ3) is 5.91. The monoisotopic (exact) mass is 489 g/mol. The van der Waals surface area contributed by atoms with Gasteiger partial charge < -0.3 is 14.8 Å². The Morgan fingerprint density at radius 3 is 2.20 bits per heavy atom. The van der Waals surface area contributed by atoms with Gasteiger partial charge in [-0.05, 0) is 30.3 Å². The fraction of sp³-hybridized carbons (Fsp3) is 0.174. The highest BCUT2D eigenvalue weighted by Gasteiger charge is 2.30. The Balaban J connectivity index is 1.80. The van der Waals surface area contributed by atoms with Gasteiger partial charge in [0.25, 0.3) is 5.56 Å². The van der Waals surface area contributed by atoms with E-state index in [0.29, 0.717) is 0 Å². The van der Waals surface area contributed by atoms with Gasteiger partial charge >= 0.3 is 18.1 Å². The molecule has 0 aliphatic heterocycles. The lowest BCUT2D eigenvalue weighted by Crippen LogP contribution is -2.28. The van der Waals surface area contributed by atoms with Crippen LogP contribution in [0, 0.1) is 0 Å². The molecule has 0 saturated heterocycles. The molecule has 0 spiro atoms. The van der Waals surface area contributed by atoms with E-state index in [1.54, 1.807) is 0 Å². The van der Waals surface area contributed by atoms with Gasteiger partial charge in [0.05, 0.1) is 48.6 Å². The van der Waals surface area contributed by atoms with E-state index in [1.165, 1.54) is 37.4 Å². The number of nitrogens with one attached hydrogen (secondary N) is 1. The Morgan fingerprint density at radius 1 is 0.971 bits per heavy atom. The van der Waals surface area contributed by atoms with Crippen LogP contribution < -0.4 is 10.9 Å². The topological polar surface area (TPSA) is 117 Å². The first-order valence-electron chi connectivity index (χ1n) is 9.88. The first-order valence-corrected chi connectivity index (χ1v) is 9.88. The third-order valence-electron chi connectivity index (χ3n) is 4.82. The lowest BCUT2D eigenvalue weighted by molar-refractivity contribution is -0.137. The van der Waals surface area contributed by atoms with Crippen molar-refractivity contribution >= 4 is 23.5 Å². The number of rotatable bonds is 6. The van der Waals surface area contributed by atoms with Crippen LogP contribution >= 0.6 is 0 Å². The number of alkyl halides is 3. The molecule has 0 saturated carbocycles. The van der Waals surface area contributed by atoms with Crippen molar-refractivity contribution in [2.45, 2.75) is 12.7 Å². The summed E-state index contributed by atoms with van der Waals surface area (Å²) in [7, 11) is 2.31. The summed E-state index contributed by atoms with van der Waals surface area (Å²) in [6, 6.07) is 9.02. The van der Waals surface area contributed by atoms with Crippen molar-refractivity contribution in [1.82, 2.24) is 9.55 Å².